The van der Waals surface area contributed by atoms with Gasteiger partial charge in [-0.05, 0) is 43.4 Å². The van der Waals surface area contributed by atoms with Crippen molar-refractivity contribution in [2.75, 3.05) is 20.2 Å². The molecular weight excluding hydrogens is 310 g/mol. The van der Waals surface area contributed by atoms with Crippen molar-refractivity contribution < 1.29 is 13.2 Å². The summed E-state index contributed by atoms with van der Waals surface area (Å²) in [6.07, 6.45) is 3.07. The van der Waals surface area contributed by atoms with E-state index < -0.39 is 10.0 Å². The van der Waals surface area contributed by atoms with Crippen LogP contribution >= 0.6 is 11.6 Å². The number of sulfonamides is 1. The number of alkyl halides is 1. The molecule has 1 atom stereocenters. The highest BCUT2D eigenvalue weighted by Gasteiger charge is 2.26. The summed E-state index contributed by atoms with van der Waals surface area (Å²) in [6.45, 7) is 2.92. The summed E-state index contributed by atoms with van der Waals surface area (Å²) in [5, 5.41) is 0. The zero-order valence-electron chi connectivity index (χ0n) is 12.5. The number of ether oxygens (including phenoxy) is 1. The Morgan fingerprint density at radius 1 is 1.38 bits per heavy atom. The lowest BCUT2D eigenvalue weighted by molar-refractivity contribution is 0.00858. The van der Waals surface area contributed by atoms with Crippen LogP contribution in [0, 0.1) is 6.92 Å². The second kappa shape index (κ2) is 7.09. The molecule has 0 bridgehead atoms. The molecule has 0 aromatic heterocycles. The summed E-state index contributed by atoms with van der Waals surface area (Å²) >= 11 is 5.81. The fraction of sp³-hybridized carbons (Fsp3) is 0.600. The number of nitrogens with zero attached hydrogens (tertiary/aromatic N) is 1. The van der Waals surface area contributed by atoms with Crippen LogP contribution in [0.25, 0.3) is 0 Å². The van der Waals surface area contributed by atoms with Crippen LogP contribution in [0.5, 0.6) is 0 Å². The van der Waals surface area contributed by atoms with Gasteiger partial charge in [0.05, 0.1) is 11.0 Å². The monoisotopic (exact) mass is 331 g/mol. The van der Waals surface area contributed by atoms with Crippen LogP contribution < -0.4 is 0 Å². The lowest BCUT2D eigenvalue weighted by Crippen LogP contribution is -2.37. The van der Waals surface area contributed by atoms with Crippen LogP contribution in [0.4, 0.5) is 0 Å². The molecular formula is C15H22ClNO3S. The first-order valence-corrected chi connectivity index (χ1v) is 9.16. The molecule has 1 unspecified atom stereocenters. The standard InChI is InChI=1S/C15H22ClNO3S/c1-12-6-7-13(10-16)9-15(12)21(18,19)17(2)11-14-5-3-4-8-20-14/h6-7,9,14H,3-5,8,10-11H2,1-2H3. The number of aryl methyl sites for hydroxylation is 1. The number of rotatable bonds is 5. The maximum absolute atomic E-state index is 12.7. The van der Waals surface area contributed by atoms with Gasteiger partial charge in [-0.15, -0.1) is 11.6 Å². The highest BCUT2D eigenvalue weighted by Crippen LogP contribution is 2.23. The SMILES string of the molecule is Cc1ccc(CCl)cc1S(=O)(=O)N(C)CC1CCCCO1. The fourth-order valence-electron chi connectivity index (χ4n) is 2.51. The molecule has 118 valence electrons. The molecule has 1 fully saturated rings. The van der Waals surface area contributed by atoms with Crippen molar-refractivity contribution in [2.45, 2.75) is 43.1 Å². The summed E-state index contributed by atoms with van der Waals surface area (Å²) in [7, 11) is -1.90. The van der Waals surface area contributed by atoms with Gasteiger partial charge in [-0.2, -0.15) is 4.31 Å². The molecule has 0 spiro atoms. The van der Waals surface area contributed by atoms with E-state index in [1.807, 2.05) is 6.07 Å². The maximum Gasteiger partial charge on any atom is 0.243 e. The topological polar surface area (TPSA) is 46.6 Å². The quantitative estimate of drug-likeness (QED) is 0.779. The molecule has 0 aliphatic carbocycles. The Morgan fingerprint density at radius 2 is 2.14 bits per heavy atom. The molecule has 1 aromatic rings. The molecule has 6 heteroatoms. The predicted molar refractivity (Wildman–Crippen MR) is 84.1 cm³/mol. The first-order chi connectivity index (χ1) is 9.95. The first kappa shape index (κ1) is 16.7. The fourth-order valence-corrected chi connectivity index (χ4v) is 4.15. The molecule has 0 amide bonds. The normalized spacial score (nSPS) is 19.9. The summed E-state index contributed by atoms with van der Waals surface area (Å²) < 4.78 is 32.5. The predicted octanol–water partition coefficient (Wildman–Crippen LogP) is 2.92. The van der Waals surface area contributed by atoms with E-state index in [4.69, 9.17) is 16.3 Å². The van der Waals surface area contributed by atoms with Gasteiger partial charge in [-0.1, -0.05) is 12.1 Å². The van der Waals surface area contributed by atoms with Crippen LogP contribution in [-0.2, 0) is 20.6 Å². The third-order valence-electron chi connectivity index (χ3n) is 3.83. The number of likely N-dealkylation sites (N-methyl/N-ethyl adjacent to an activating group) is 1. The first-order valence-electron chi connectivity index (χ1n) is 7.18. The lowest BCUT2D eigenvalue weighted by atomic mass is 10.1. The van der Waals surface area contributed by atoms with Crippen LogP contribution in [-0.4, -0.2) is 39.0 Å². The van der Waals surface area contributed by atoms with Crippen LogP contribution in [0.2, 0.25) is 0 Å². The maximum atomic E-state index is 12.7. The van der Waals surface area contributed by atoms with E-state index in [1.165, 1.54) is 4.31 Å². The van der Waals surface area contributed by atoms with E-state index in [0.717, 1.165) is 37.0 Å². The van der Waals surface area contributed by atoms with E-state index in [-0.39, 0.29) is 6.10 Å². The zero-order valence-corrected chi connectivity index (χ0v) is 14.1. The molecule has 2 rings (SSSR count). The van der Waals surface area contributed by atoms with E-state index in [1.54, 1.807) is 26.1 Å². The average Bonchev–Trinajstić information content (AvgIpc) is 2.48. The third-order valence-corrected chi connectivity index (χ3v) is 6.10. The molecule has 1 saturated heterocycles. The Hall–Kier alpha value is -0.620. The number of hydrogen-bond donors (Lipinski definition) is 0. The van der Waals surface area contributed by atoms with Gasteiger partial charge in [0, 0.05) is 26.1 Å². The zero-order chi connectivity index (χ0) is 15.5. The van der Waals surface area contributed by atoms with Gasteiger partial charge in [-0.3, -0.25) is 0 Å². The van der Waals surface area contributed by atoms with Gasteiger partial charge in [0.1, 0.15) is 0 Å². The Kier molecular flexibility index (Phi) is 5.66. The molecule has 21 heavy (non-hydrogen) atoms. The smallest absolute Gasteiger partial charge is 0.243 e. The third kappa shape index (κ3) is 3.97. The van der Waals surface area contributed by atoms with Gasteiger partial charge in [0.15, 0.2) is 0 Å². The molecule has 1 aromatic carbocycles. The van der Waals surface area contributed by atoms with Crippen molar-refractivity contribution in [3.8, 4) is 0 Å². The highest BCUT2D eigenvalue weighted by atomic mass is 35.5. The Bertz CT molecular complexity index is 583. The van der Waals surface area contributed by atoms with Gasteiger partial charge in [-0.25, -0.2) is 8.42 Å². The van der Waals surface area contributed by atoms with Crippen molar-refractivity contribution in [1.29, 1.82) is 0 Å². The summed E-state index contributed by atoms with van der Waals surface area (Å²) in [4.78, 5) is 0.332. The van der Waals surface area contributed by atoms with Gasteiger partial charge in [0.2, 0.25) is 10.0 Å². The second-order valence-corrected chi connectivity index (χ2v) is 7.79. The van der Waals surface area contributed by atoms with Crippen LogP contribution in [0.3, 0.4) is 0 Å². The minimum atomic E-state index is -3.51. The minimum Gasteiger partial charge on any atom is -0.377 e. The van der Waals surface area contributed by atoms with Crippen molar-refractivity contribution in [3.05, 3.63) is 29.3 Å². The van der Waals surface area contributed by atoms with Crippen LogP contribution in [0.15, 0.2) is 23.1 Å². The largest absolute Gasteiger partial charge is 0.377 e. The molecule has 0 radical (unpaired) electrons. The lowest BCUT2D eigenvalue weighted by Gasteiger charge is -2.27. The van der Waals surface area contributed by atoms with Crippen molar-refractivity contribution >= 4 is 21.6 Å². The van der Waals surface area contributed by atoms with Crippen LogP contribution in [0.1, 0.15) is 30.4 Å². The molecule has 1 aliphatic heterocycles. The minimum absolute atomic E-state index is 0.00459. The van der Waals surface area contributed by atoms with Crippen molar-refractivity contribution in [3.63, 3.8) is 0 Å². The molecule has 1 heterocycles. The van der Waals surface area contributed by atoms with E-state index in [2.05, 4.69) is 0 Å². The van der Waals surface area contributed by atoms with E-state index in [9.17, 15) is 8.42 Å². The molecule has 0 saturated carbocycles. The molecule has 1 aliphatic rings. The van der Waals surface area contributed by atoms with E-state index in [0.29, 0.717) is 17.3 Å². The summed E-state index contributed by atoms with van der Waals surface area (Å²) in [5.74, 6) is 0.304. The van der Waals surface area contributed by atoms with Gasteiger partial charge < -0.3 is 4.74 Å². The van der Waals surface area contributed by atoms with E-state index >= 15 is 0 Å². The number of halogens is 1. The summed E-state index contributed by atoms with van der Waals surface area (Å²) in [5.41, 5.74) is 1.54. The van der Waals surface area contributed by atoms with Gasteiger partial charge in [0.25, 0.3) is 0 Å². The molecule has 0 N–H and O–H groups in total. The van der Waals surface area contributed by atoms with Crippen molar-refractivity contribution in [1.82, 2.24) is 4.31 Å². The van der Waals surface area contributed by atoms with Gasteiger partial charge >= 0.3 is 0 Å². The Morgan fingerprint density at radius 3 is 2.76 bits per heavy atom. The van der Waals surface area contributed by atoms with Crippen molar-refractivity contribution in [2.24, 2.45) is 0 Å². The number of benzene rings is 1. The summed E-state index contributed by atoms with van der Waals surface area (Å²) in [6, 6.07) is 5.32. The number of hydrogen-bond acceptors (Lipinski definition) is 3. The second-order valence-electron chi connectivity index (χ2n) is 5.51. The average molecular weight is 332 g/mol. The molecule has 4 nitrogen and oxygen atoms in total. The Labute approximate surface area is 132 Å². The highest BCUT2D eigenvalue weighted by molar-refractivity contribution is 7.89. The Balaban J connectivity index is 2.20.